The summed E-state index contributed by atoms with van der Waals surface area (Å²) >= 11 is 0. The van der Waals surface area contributed by atoms with Crippen molar-refractivity contribution in [1.82, 2.24) is 4.90 Å². The van der Waals surface area contributed by atoms with E-state index >= 15 is 0 Å². The molecule has 3 nitrogen and oxygen atoms in total. The molecular weight excluding hydrogens is 164 g/mol. The molecule has 1 saturated heterocycles. The monoisotopic (exact) mass is 184 g/mol. The Bertz CT molecular complexity index is 196. The van der Waals surface area contributed by atoms with Gasteiger partial charge in [-0.2, -0.15) is 0 Å². The average molecular weight is 184 g/mol. The molecule has 1 aliphatic heterocycles. The lowest BCUT2D eigenvalue weighted by Gasteiger charge is -2.37. The maximum absolute atomic E-state index is 11.8. The molecule has 3 heteroatoms. The van der Waals surface area contributed by atoms with E-state index in [9.17, 15) is 4.79 Å². The van der Waals surface area contributed by atoms with Gasteiger partial charge in [-0.05, 0) is 40.0 Å². The number of carbonyl (C=O) groups is 1. The highest BCUT2D eigenvalue weighted by Crippen LogP contribution is 2.19. The van der Waals surface area contributed by atoms with Gasteiger partial charge in [-0.15, -0.1) is 0 Å². The largest absolute Gasteiger partial charge is 0.338 e. The van der Waals surface area contributed by atoms with Gasteiger partial charge in [-0.1, -0.05) is 0 Å². The molecule has 1 fully saturated rings. The van der Waals surface area contributed by atoms with Crippen LogP contribution in [0.25, 0.3) is 0 Å². The van der Waals surface area contributed by atoms with E-state index in [1.54, 1.807) is 13.8 Å². The Balaban J connectivity index is 2.64. The minimum atomic E-state index is -0.717. The van der Waals surface area contributed by atoms with E-state index in [0.29, 0.717) is 6.04 Å². The predicted octanol–water partition coefficient (Wildman–Crippen LogP) is 1.12. The van der Waals surface area contributed by atoms with E-state index in [-0.39, 0.29) is 5.91 Å². The molecule has 0 aromatic heterocycles. The molecule has 1 unspecified atom stereocenters. The highest BCUT2D eigenvalue weighted by Gasteiger charge is 2.31. The molecular formula is C10H20N2O. The van der Waals surface area contributed by atoms with Crippen LogP contribution >= 0.6 is 0 Å². The number of piperidine rings is 1. The fraction of sp³-hybridized carbons (Fsp3) is 0.900. The standard InChI is InChI=1S/C10H20N2O/c1-8-6-4-5-7-12(8)9(13)10(2,3)11/h8H,4-7,11H2,1-3H3. The summed E-state index contributed by atoms with van der Waals surface area (Å²) < 4.78 is 0. The van der Waals surface area contributed by atoms with E-state index in [4.69, 9.17) is 5.73 Å². The fourth-order valence-corrected chi connectivity index (χ4v) is 1.77. The third-order valence-corrected chi connectivity index (χ3v) is 2.62. The minimum Gasteiger partial charge on any atom is -0.338 e. The Labute approximate surface area is 80.3 Å². The van der Waals surface area contributed by atoms with Crippen LogP contribution in [0.4, 0.5) is 0 Å². The van der Waals surface area contributed by atoms with Gasteiger partial charge in [0, 0.05) is 12.6 Å². The number of nitrogens with two attached hydrogens (primary N) is 1. The Morgan fingerprint density at radius 1 is 1.46 bits per heavy atom. The first kappa shape index (κ1) is 10.5. The molecule has 1 rings (SSSR count). The van der Waals surface area contributed by atoms with Crippen molar-refractivity contribution in [3.8, 4) is 0 Å². The summed E-state index contributed by atoms with van der Waals surface area (Å²) in [4.78, 5) is 13.8. The van der Waals surface area contributed by atoms with Gasteiger partial charge in [0.1, 0.15) is 0 Å². The van der Waals surface area contributed by atoms with E-state index in [1.165, 1.54) is 6.42 Å². The number of hydrogen-bond acceptors (Lipinski definition) is 2. The number of rotatable bonds is 1. The maximum atomic E-state index is 11.8. The van der Waals surface area contributed by atoms with Gasteiger partial charge in [0.2, 0.25) is 5.91 Å². The number of likely N-dealkylation sites (tertiary alicyclic amines) is 1. The molecule has 1 aliphatic rings. The summed E-state index contributed by atoms with van der Waals surface area (Å²) in [6.45, 7) is 6.52. The van der Waals surface area contributed by atoms with E-state index in [2.05, 4.69) is 6.92 Å². The van der Waals surface area contributed by atoms with Crippen molar-refractivity contribution in [3.05, 3.63) is 0 Å². The van der Waals surface area contributed by atoms with Crippen LogP contribution in [-0.4, -0.2) is 28.9 Å². The Morgan fingerprint density at radius 2 is 2.08 bits per heavy atom. The first-order valence-corrected chi connectivity index (χ1v) is 5.03. The Hall–Kier alpha value is -0.570. The quantitative estimate of drug-likeness (QED) is 0.664. The molecule has 2 N–H and O–H groups in total. The van der Waals surface area contributed by atoms with E-state index in [1.807, 2.05) is 4.90 Å². The predicted molar refractivity (Wildman–Crippen MR) is 53.3 cm³/mol. The second-order valence-corrected chi connectivity index (χ2v) is 4.57. The van der Waals surface area contributed by atoms with Gasteiger partial charge in [0.05, 0.1) is 5.54 Å². The number of amides is 1. The molecule has 0 spiro atoms. The van der Waals surface area contributed by atoms with Gasteiger partial charge < -0.3 is 10.6 Å². The normalized spacial score (nSPS) is 24.6. The van der Waals surface area contributed by atoms with Crippen LogP contribution in [0.3, 0.4) is 0 Å². The van der Waals surface area contributed by atoms with Crippen LogP contribution < -0.4 is 5.73 Å². The molecule has 0 aromatic rings. The Kier molecular flexibility index (Phi) is 2.96. The SMILES string of the molecule is CC1CCCCN1C(=O)C(C)(C)N. The average Bonchev–Trinajstić information content (AvgIpc) is 2.02. The van der Waals surface area contributed by atoms with Crippen LogP contribution in [0.1, 0.15) is 40.0 Å². The third kappa shape index (κ3) is 2.44. The first-order chi connectivity index (χ1) is 5.93. The summed E-state index contributed by atoms with van der Waals surface area (Å²) in [5, 5.41) is 0. The lowest BCUT2D eigenvalue weighted by atomic mass is 9.98. The van der Waals surface area contributed by atoms with Crippen LogP contribution in [-0.2, 0) is 4.79 Å². The Morgan fingerprint density at radius 3 is 2.54 bits per heavy atom. The summed E-state index contributed by atoms with van der Waals surface area (Å²) in [5.41, 5.74) is 5.06. The number of carbonyl (C=O) groups excluding carboxylic acids is 1. The third-order valence-electron chi connectivity index (χ3n) is 2.62. The second-order valence-electron chi connectivity index (χ2n) is 4.57. The molecule has 1 atom stereocenters. The van der Waals surface area contributed by atoms with Gasteiger partial charge >= 0.3 is 0 Å². The number of nitrogens with zero attached hydrogens (tertiary/aromatic N) is 1. The van der Waals surface area contributed by atoms with Crippen LogP contribution in [0.15, 0.2) is 0 Å². The topological polar surface area (TPSA) is 46.3 Å². The molecule has 0 aromatic carbocycles. The molecule has 1 amide bonds. The van der Waals surface area contributed by atoms with Crippen molar-refractivity contribution in [2.24, 2.45) is 5.73 Å². The van der Waals surface area contributed by atoms with Gasteiger partial charge in [0.15, 0.2) is 0 Å². The van der Waals surface area contributed by atoms with Crippen LogP contribution in [0, 0.1) is 0 Å². The smallest absolute Gasteiger partial charge is 0.242 e. The fourth-order valence-electron chi connectivity index (χ4n) is 1.77. The minimum absolute atomic E-state index is 0.0831. The molecule has 1 heterocycles. The summed E-state index contributed by atoms with van der Waals surface area (Å²) in [7, 11) is 0. The molecule has 0 aliphatic carbocycles. The van der Waals surface area contributed by atoms with Crippen molar-refractivity contribution in [2.45, 2.75) is 51.6 Å². The van der Waals surface area contributed by atoms with Crippen molar-refractivity contribution in [1.29, 1.82) is 0 Å². The summed E-state index contributed by atoms with van der Waals surface area (Å²) in [6, 6.07) is 0.365. The molecule has 0 radical (unpaired) electrons. The van der Waals surface area contributed by atoms with Gasteiger partial charge in [-0.25, -0.2) is 0 Å². The lowest BCUT2D eigenvalue weighted by Crippen LogP contribution is -2.55. The van der Waals surface area contributed by atoms with Crippen molar-refractivity contribution in [3.63, 3.8) is 0 Å². The zero-order valence-corrected chi connectivity index (χ0v) is 8.84. The zero-order valence-electron chi connectivity index (χ0n) is 8.84. The zero-order chi connectivity index (χ0) is 10.1. The molecule has 0 bridgehead atoms. The molecule has 76 valence electrons. The maximum Gasteiger partial charge on any atom is 0.242 e. The highest BCUT2D eigenvalue weighted by atomic mass is 16.2. The van der Waals surface area contributed by atoms with Gasteiger partial charge in [0.25, 0.3) is 0 Å². The molecule has 13 heavy (non-hydrogen) atoms. The lowest BCUT2D eigenvalue weighted by molar-refractivity contribution is -0.139. The van der Waals surface area contributed by atoms with E-state index < -0.39 is 5.54 Å². The van der Waals surface area contributed by atoms with E-state index in [0.717, 1.165) is 19.4 Å². The van der Waals surface area contributed by atoms with Crippen molar-refractivity contribution in [2.75, 3.05) is 6.54 Å². The van der Waals surface area contributed by atoms with Crippen molar-refractivity contribution < 1.29 is 4.79 Å². The first-order valence-electron chi connectivity index (χ1n) is 5.03. The summed E-state index contributed by atoms with van der Waals surface area (Å²) in [5.74, 6) is 0.0831. The van der Waals surface area contributed by atoms with Crippen molar-refractivity contribution >= 4 is 5.91 Å². The highest BCUT2D eigenvalue weighted by molar-refractivity contribution is 5.85. The second kappa shape index (κ2) is 3.66. The molecule has 0 saturated carbocycles. The van der Waals surface area contributed by atoms with Gasteiger partial charge in [-0.3, -0.25) is 4.79 Å². The number of hydrogen-bond donors (Lipinski definition) is 1. The summed E-state index contributed by atoms with van der Waals surface area (Å²) in [6.07, 6.45) is 3.46. The van der Waals surface area contributed by atoms with Crippen LogP contribution in [0.5, 0.6) is 0 Å². The van der Waals surface area contributed by atoms with Crippen LogP contribution in [0.2, 0.25) is 0 Å².